The quantitative estimate of drug-likeness (QED) is 0.891. The van der Waals surface area contributed by atoms with Gasteiger partial charge in [-0.15, -0.1) is 0 Å². The van der Waals surface area contributed by atoms with Crippen LogP contribution in [0.4, 0.5) is 0 Å². The van der Waals surface area contributed by atoms with Crippen molar-refractivity contribution in [3.63, 3.8) is 0 Å². The lowest BCUT2D eigenvalue weighted by atomic mass is 10.1. The van der Waals surface area contributed by atoms with E-state index in [9.17, 15) is 9.59 Å². The van der Waals surface area contributed by atoms with E-state index >= 15 is 0 Å². The number of ether oxygens (including phenoxy) is 1. The zero-order valence-corrected chi connectivity index (χ0v) is 10.8. The van der Waals surface area contributed by atoms with E-state index in [4.69, 9.17) is 9.84 Å². The molecule has 1 atom stereocenters. The Hall–Kier alpha value is -1.88. The fraction of sp³-hybridized carbons (Fsp3) is 0.429. The van der Waals surface area contributed by atoms with Crippen molar-refractivity contribution >= 4 is 11.9 Å². The standard InChI is InChI=1S/C14H17NO4/c1-19-9-10-2-4-11(5-3-10)13(16)15-7-6-12(8-15)14(17)18/h2-5,12H,6-9H2,1H3,(H,17,18)/t12-/m1/s1. The number of rotatable bonds is 4. The first-order valence-electron chi connectivity index (χ1n) is 6.21. The van der Waals surface area contributed by atoms with Crippen molar-refractivity contribution in [2.45, 2.75) is 13.0 Å². The SMILES string of the molecule is COCc1ccc(C(=O)N2CC[C@@H](C(=O)O)C2)cc1. The number of nitrogens with zero attached hydrogens (tertiary/aromatic N) is 1. The van der Waals surface area contributed by atoms with Crippen molar-refractivity contribution in [2.75, 3.05) is 20.2 Å². The minimum atomic E-state index is -0.828. The summed E-state index contributed by atoms with van der Waals surface area (Å²) in [7, 11) is 1.62. The average molecular weight is 263 g/mol. The molecule has 0 saturated carbocycles. The number of benzene rings is 1. The van der Waals surface area contributed by atoms with Gasteiger partial charge in [0.05, 0.1) is 12.5 Å². The van der Waals surface area contributed by atoms with Crippen LogP contribution >= 0.6 is 0 Å². The van der Waals surface area contributed by atoms with Crippen LogP contribution in [0, 0.1) is 5.92 Å². The van der Waals surface area contributed by atoms with Gasteiger partial charge in [0.25, 0.3) is 5.91 Å². The first kappa shape index (κ1) is 13.5. The van der Waals surface area contributed by atoms with E-state index in [0.717, 1.165) is 5.56 Å². The molecule has 0 unspecified atom stereocenters. The van der Waals surface area contributed by atoms with Crippen LogP contribution in [0.2, 0.25) is 0 Å². The van der Waals surface area contributed by atoms with Gasteiger partial charge in [-0.1, -0.05) is 12.1 Å². The van der Waals surface area contributed by atoms with E-state index in [1.54, 1.807) is 24.1 Å². The Labute approximate surface area is 111 Å². The van der Waals surface area contributed by atoms with Crippen LogP contribution in [0.15, 0.2) is 24.3 Å². The molecule has 1 aliphatic heterocycles. The highest BCUT2D eigenvalue weighted by molar-refractivity contribution is 5.94. The topological polar surface area (TPSA) is 66.8 Å². The zero-order chi connectivity index (χ0) is 13.8. The predicted octanol–water partition coefficient (Wildman–Crippen LogP) is 1.38. The lowest BCUT2D eigenvalue weighted by molar-refractivity contribution is -0.141. The molecule has 1 heterocycles. The first-order valence-corrected chi connectivity index (χ1v) is 6.21. The lowest BCUT2D eigenvalue weighted by Gasteiger charge is -2.16. The summed E-state index contributed by atoms with van der Waals surface area (Å²) in [6.07, 6.45) is 0.531. The molecule has 1 saturated heterocycles. The number of carboxylic acid groups (broad SMARTS) is 1. The molecule has 5 heteroatoms. The van der Waals surface area contributed by atoms with Gasteiger partial charge in [-0.2, -0.15) is 0 Å². The Bertz CT molecular complexity index is 469. The summed E-state index contributed by atoms with van der Waals surface area (Å²) in [5, 5.41) is 8.93. The van der Waals surface area contributed by atoms with Crippen molar-refractivity contribution < 1.29 is 19.4 Å². The molecule has 1 amide bonds. The van der Waals surface area contributed by atoms with Gasteiger partial charge in [-0.3, -0.25) is 9.59 Å². The maximum absolute atomic E-state index is 12.2. The van der Waals surface area contributed by atoms with Crippen molar-refractivity contribution in [3.8, 4) is 0 Å². The van der Waals surface area contributed by atoms with Crippen LogP contribution in [0.5, 0.6) is 0 Å². The second-order valence-corrected chi connectivity index (χ2v) is 4.70. The molecular weight excluding hydrogens is 246 g/mol. The molecule has 5 nitrogen and oxygen atoms in total. The van der Waals surface area contributed by atoms with Crippen LogP contribution in [0.3, 0.4) is 0 Å². The third-order valence-electron chi connectivity index (χ3n) is 3.34. The molecule has 1 aromatic carbocycles. The molecule has 1 aromatic rings. The summed E-state index contributed by atoms with van der Waals surface area (Å²) in [6, 6.07) is 7.21. The molecule has 0 aliphatic carbocycles. The van der Waals surface area contributed by atoms with Crippen LogP contribution in [0.1, 0.15) is 22.3 Å². The van der Waals surface area contributed by atoms with Gasteiger partial charge in [-0.25, -0.2) is 0 Å². The number of amides is 1. The van der Waals surface area contributed by atoms with Gasteiger partial charge in [0, 0.05) is 25.8 Å². The molecule has 102 valence electrons. The van der Waals surface area contributed by atoms with Crippen molar-refractivity contribution in [1.29, 1.82) is 0 Å². The fourth-order valence-electron chi connectivity index (χ4n) is 2.24. The molecule has 2 rings (SSSR count). The summed E-state index contributed by atoms with van der Waals surface area (Å²) in [4.78, 5) is 24.7. The zero-order valence-electron chi connectivity index (χ0n) is 10.8. The minimum Gasteiger partial charge on any atom is -0.481 e. The molecule has 0 aromatic heterocycles. The number of hydrogen-bond donors (Lipinski definition) is 1. The Balaban J connectivity index is 2.02. The second-order valence-electron chi connectivity index (χ2n) is 4.70. The smallest absolute Gasteiger partial charge is 0.308 e. The second kappa shape index (κ2) is 5.84. The number of carboxylic acids is 1. The monoisotopic (exact) mass is 263 g/mol. The molecule has 19 heavy (non-hydrogen) atoms. The number of hydrogen-bond acceptors (Lipinski definition) is 3. The van der Waals surface area contributed by atoms with Crippen LogP contribution in [-0.2, 0) is 16.1 Å². The van der Waals surface area contributed by atoms with Gasteiger partial charge in [0.15, 0.2) is 0 Å². The normalized spacial score (nSPS) is 18.6. The Morgan fingerprint density at radius 3 is 2.58 bits per heavy atom. The molecule has 0 bridgehead atoms. The summed E-state index contributed by atoms with van der Waals surface area (Å²) >= 11 is 0. The van der Waals surface area contributed by atoms with Gasteiger partial charge >= 0.3 is 5.97 Å². The first-order chi connectivity index (χ1) is 9.11. The van der Waals surface area contributed by atoms with Gasteiger partial charge in [0.1, 0.15) is 0 Å². The Kier molecular flexibility index (Phi) is 4.16. The van der Waals surface area contributed by atoms with Crippen molar-refractivity contribution in [3.05, 3.63) is 35.4 Å². The maximum Gasteiger partial charge on any atom is 0.308 e. The number of likely N-dealkylation sites (tertiary alicyclic amines) is 1. The predicted molar refractivity (Wildman–Crippen MR) is 68.8 cm³/mol. The van der Waals surface area contributed by atoms with E-state index in [1.165, 1.54) is 0 Å². The van der Waals surface area contributed by atoms with Crippen LogP contribution in [0.25, 0.3) is 0 Å². The van der Waals surface area contributed by atoms with Crippen molar-refractivity contribution in [2.24, 2.45) is 5.92 Å². The fourth-order valence-corrected chi connectivity index (χ4v) is 2.24. The Morgan fingerprint density at radius 1 is 1.37 bits per heavy atom. The molecule has 1 fully saturated rings. The molecule has 1 aliphatic rings. The lowest BCUT2D eigenvalue weighted by Crippen LogP contribution is -2.29. The average Bonchev–Trinajstić information content (AvgIpc) is 2.89. The van der Waals surface area contributed by atoms with Gasteiger partial charge in [-0.05, 0) is 24.1 Å². The molecule has 1 N–H and O–H groups in total. The third kappa shape index (κ3) is 3.12. The number of carbonyl (C=O) groups excluding carboxylic acids is 1. The van der Waals surface area contributed by atoms with E-state index in [-0.39, 0.29) is 5.91 Å². The van der Waals surface area contributed by atoms with E-state index in [0.29, 0.717) is 31.7 Å². The molecule has 0 spiro atoms. The maximum atomic E-state index is 12.2. The van der Waals surface area contributed by atoms with E-state index in [2.05, 4.69) is 0 Å². The summed E-state index contributed by atoms with van der Waals surface area (Å²) < 4.78 is 5.01. The number of methoxy groups -OCH3 is 1. The third-order valence-corrected chi connectivity index (χ3v) is 3.34. The highest BCUT2D eigenvalue weighted by Gasteiger charge is 2.31. The Morgan fingerprint density at radius 2 is 2.05 bits per heavy atom. The summed E-state index contributed by atoms with van der Waals surface area (Å²) in [5.74, 6) is -1.37. The highest BCUT2D eigenvalue weighted by Crippen LogP contribution is 2.19. The summed E-state index contributed by atoms with van der Waals surface area (Å²) in [6.45, 7) is 1.32. The summed E-state index contributed by atoms with van der Waals surface area (Å²) in [5.41, 5.74) is 1.59. The highest BCUT2D eigenvalue weighted by atomic mass is 16.5. The minimum absolute atomic E-state index is 0.104. The van der Waals surface area contributed by atoms with Crippen LogP contribution < -0.4 is 0 Å². The largest absolute Gasteiger partial charge is 0.481 e. The van der Waals surface area contributed by atoms with Crippen molar-refractivity contribution in [1.82, 2.24) is 4.90 Å². The van der Waals surface area contributed by atoms with E-state index < -0.39 is 11.9 Å². The van der Waals surface area contributed by atoms with Crippen LogP contribution in [-0.4, -0.2) is 42.1 Å². The van der Waals surface area contributed by atoms with Gasteiger partial charge < -0.3 is 14.7 Å². The molecular formula is C14H17NO4. The van der Waals surface area contributed by atoms with Gasteiger partial charge in [0.2, 0.25) is 0 Å². The number of carbonyl (C=O) groups is 2. The van der Waals surface area contributed by atoms with E-state index in [1.807, 2.05) is 12.1 Å². The number of aliphatic carboxylic acids is 1. The molecule has 0 radical (unpaired) electrons.